The number of rotatable bonds is 2. The third-order valence-corrected chi connectivity index (χ3v) is 4.70. The topological polar surface area (TPSA) is 20.2 Å². The monoisotopic (exact) mass is 230 g/mol. The van der Waals surface area contributed by atoms with Crippen LogP contribution in [0.1, 0.15) is 57.8 Å². The van der Waals surface area contributed by atoms with Gasteiger partial charge in [-0.05, 0) is 69.6 Å². The van der Waals surface area contributed by atoms with Crippen LogP contribution in [0.25, 0.3) is 0 Å². The lowest BCUT2D eigenvalue weighted by Gasteiger charge is -2.31. The van der Waals surface area contributed by atoms with Crippen molar-refractivity contribution in [1.29, 1.82) is 0 Å². The molecule has 0 spiro atoms. The highest BCUT2D eigenvalue weighted by Crippen LogP contribution is 2.36. The lowest BCUT2D eigenvalue weighted by Crippen LogP contribution is -2.22. The minimum Gasteiger partial charge on any atom is -0.393 e. The molecule has 0 saturated heterocycles. The molecule has 0 aromatic carbocycles. The zero-order valence-corrected chi connectivity index (χ0v) is 10.3. The summed E-state index contributed by atoms with van der Waals surface area (Å²) in [5, 5.41) is 9.90. The van der Waals surface area contributed by atoms with E-state index < -0.39 is 0 Å². The number of hydrogen-bond donors (Lipinski definition) is 1. The highest BCUT2D eigenvalue weighted by atomic mass is 35.5. The normalized spacial score (nSPS) is 42.8. The fourth-order valence-electron chi connectivity index (χ4n) is 3.21. The van der Waals surface area contributed by atoms with Gasteiger partial charge in [-0.3, -0.25) is 0 Å². The first-order valence-electron chi connectivity index (χ1n) is 6.56. The molecule has 0 heterocycles. The SMILES string of the molecule is OC1CCC(CC2CCC(Cl)CC2)CC1. The number of aliphatic hydroxyl groups excluding tert-OH is 1. The predicted octanol–water partition coefficient (Wildman–Crippen LogP) is 3.73. The molecule has 2 aliphatic rings. The van der Waals surface area contributed by atoms with Crippen molar-refractivity contribution in [2.24, 2.45) is 11.8 Å². The Morgan fingerprint density at radius 1 is 0.800 bits per heavy atom. The molecule has 15 heavy (non-hydrogen) atoms. The van der Waals surface area contributed by atoms with Gasteiger partial charge < -0.3 is 5.11 Å². The van der Waals surface area contributed by atoms with Crippen LogP contribution in [0.3, 0.4) is 0 Å². The Labute approximate surface area is 98.2 Å². The smallest absolute Gasteiger partial charge is 0.0540 e. The van der Waals surface area contributed by atoms with Crippen LogP contribution in [0.5, 0.6) is 0 Å². The van der Waals surface area contributed by atoms with Crippen molar-refractivity contribution in [3.8, 4) is 0 Å². The molecule has 2 heteroatoms. The molecular weight excluding hydrogens is 208 g/mol. The van der Waals surface area contributed by atoms with Crippen LogP contribution in [0.4, 0.5) is 0 Å². The highest BCUT2D eigenvalue weighted by Gasteiger charge is 2.25. The Hall–Kier alpha value is 0.250. The van der Waals surface area contributed by atoms with Gasteiger partial charge in [-0.25, -0.2) is 0 Å². The first-order chi connectivity index (χ1) is 7.24. The summed E-state index contributed by atoms with van der Waals surface area (Å²) >= 11 is 6.11. The molecule has 0 amide bonds. The van der Waals surface area contributed by atoms with Crippen LogP contribution < -0.4 is 0 Å². The van der Waals surface area contributed by atoms with Crippen molar-refractivity contribution in [2.45, 2.75) is 69.3 Å². The fraction of sp³-hybridized carbons (Fsp3) is 1.00. The summed E-state index contributed by atoms with van der Waals surface area (Å²) in [5.74, 6) is 1.82. The Balaban J connectivity index is 1.68. The average Bonchev–Trinajstić information content (AvgIpc) is 2.25. The standard InChI is InChI=1S/C13H23ClO/c14-12-5-1-10(2-6-12)9-11-3-7-13(15)8-4-11/h10-13,15H,1-9H2. The fourth-order valence-corrected chi connectivity index (χ4v) is 3.46. The minimum absolute atomic E-state index is 0.000159. The molecule has 0 atom stereocenters. The van der Waals surface area contributed by atoms with E-state index in [9.17, 15) is 5.11 Å². The van der Waals surface area contributed by atoms with Gasteiger partial charge in [0.2, 0.25) is 0 Å². The van der Waals surface area contributed by atoms with Gasteiger partial charge in [0, 0.05) is 5.38 Å². The second-order valence-electron chi connectivity index (χ2n) is 5.53. The van der Waals surface area contributed by atoms with Crippen LogP contribution in [-0.2, 0) is 0 Å². The summed E-state index contributed by atoms with van der Waals surface area (Å²) in [7, 11) is 0. The Morgan fingerprint density at radius 2 is 1.27 bits per heavy atom. The van der Waals surface area contributed by atoms with Gasteiger partial charge in [0.15, 0.2) is 0 Å². The molecule has 0 aromatic heterocycles. The first kappa shape index (κ1) is 11.7. The van der Waals surface area contributed by atoms with E-state index in [1.807, 2.05) is 0 Å². The minimum atomic E-state index is -0.000159. The first-order valence-corrected chi connectivity index (χ1v) is 7.00. The van der Waals surface area contributed by atoms with Crippen LogP contribution >= 0.6 is 11.6 Å². The summed E-state index contributed by atoms with van der Waals surface area (Å²) < 4.78 is 0. The summed E-state index contributed by atoms with van der Waals surface area (Å²) in [5.41, 5.74) is 0. The predicted molar refractivity (Wildman–Crippen MR) is 64.2 cm³/mol. The lowest BCUT2D eigenvalue weighted by molar-refractivity contribution is 0.0987. The van der Waals surface area contributed by atoms with Crippen molar-refractivity contribution in [3.05, 3.63) is 0 Å². The molecule has 0 bridgehead atoms. The largest absolute Gasteiger partial charge is 0.393 e. The number of alkyl halides is 1. The quantitative estimate of drug-likeness (QED) is 0.717. The van der Waals surface area contributed by atoms with Crippen molar-refractivity contribution < 1.29 is 5.11 Å². The van der Waals surface area contributed by atoms with Crippen LogP contribution in [0.15, 0.2) is 0 Å². The number of halogens is 1. The van der Waals surface area contributed by atoms with Crippen molar-refractivity contribution in [3.63, 3.8) is 0 Å². The van der Waals surface area contributed by atoms with Gasteiger partial charge in [0.25, 0.3) is 0 Å². The van der Waals surface area contributed by atoms with Crippen molar-refractivity contribution >= 4 is 11.6 Å². The van der Waals surface area contributed by atoms with E-state index >= 15 is 0 Å². The van der Waals surface area contributed by atoms with Crippen LogP contribution in [-0.4, -0.2) is 16.6 Å². The van der Waals surface area contributed by atoms with E-state index in [-0.39, 0.29) is 6.10 Å². The number of aliphatic hydroxyl groups is 1. The maximum Gasteiger partial charge on any atom is 0.0540 e. The summed E-state index contributed by atoms with van der Waals surface area (Å²) in [4.78, 5) is 0. The lowest BCUT2D eigenvalue weighted by atomic mass is 9.77. The van der Waals surface area contributed by atoms with Gasteiger partial charge in [0.05, 0.1) is 6.10 Å². The maximum absolute atomic E-state index is 9.45. The maximum atomic E-state index is 9.45. The van der Waals surface area contributed by atoms with Crippen LogP contribution in [0, 0.1) is 11.8 Å². The van der Waals surface area contributed by atoms with Crippen LogP contribution in [0.2, 0.25) is 0 Å². The molecule has 1 nitrogen and oxygen atoms in total. The summed E-state index contributed by atoms with van der Waals surface area (Å²) in [6.07, 6.45) is 11.1. The molecule has 0 aliphatic heterocycles. The number of hydrogen-bond acceptors (Lipinski definition) is 1. The molecule has 2 aliphatic carbocycles. The molecular formula is C13H23ClO. The Bertz CT molecular complexity index is 159. The third kappa shape index (κ3) is 3.64. The molecule has 1 N–H and O–H groups in total. The van der Waals surface area contributed by atoms with Crippen molar-refractivity contribution in [1.82, 2.24) is 0 Å². The molecule has 88 valence electrons. The van der Waals surface area contributed by atoms with Gasteiger partial charge in [-0.1, -0.05) is 0 Å². The Kier molecular flexibility index (Phi) is 4.33. The van der Waals surface area contributed by atoms with Gasteiger partial charge in [0.1, 0.15) is 0 Å². The third-order valence-electron chi connectivity index (χ3n) is 4.26. The summed E-state index contributed by atoms with van der Waals surface area (Å²) in [6.45, 7) is 0. The van der Waals surface area contributed by atoms with E-state index in [2.05, 4.69) is 0 Å². The zero-order valence-electron chi connectivity index (χ0n) is 9.50. The van der Waals surface area contributed by atoms with Crippen molar-refractivity contribution in [2.75, 3.05) is 0 Å². The summed E-state index contributed by atoms with van der Waals surface area (Å²) in [6, 6.07) is 0. The molecule has 0 unspecified atom stereocenters. The second-order valence-corrected chi connectivity index (χ2v) is 6.15. The average molecular weight is 231 g/mol. The van der Waals surface area contributed by atoms with E-state index in [0.717, 1.165) is 24.7 Å². The van der Waals surface area contributed by atoms with Gasteiger partial charge >= 0.3 is 0 Å². The molecule has 2 fully saturated rings. The van der Waals surface area contributed by atoms with E-state index in [0.29, 0.717) is 5.38 Å². The van der Waals surface area contributed by atoms with E-state index in [1.54, 1.807) is 0 Å². The molecule has 2 rings (SSSR count). The van der Waals surface area contributed by atoms with Gasteiger partial charge in [-0.2, -0.15) is 0 Å². The zero-order chi connectivity index (χ0) is 10.7. The van der Waals surface area contributed by atoms with Gasteiger partial charge in [-0.15, -0.1) is 11.6 Å². The Morgan fingerprint density at radius 3 is 1.80 bits per heavy atom. The highest BCUT2D eigenvalue weighted by molar-refractivity contribution is 6.20. The molecule has 0 aromatic rings. The van der Waals surface area contributed by atoms with E-state index in [1.165, 1.54) is 44.9 Å². The second kappa shape index (κ2) is 5.54. The molecule has 2 saturated carbocycles. The van der Waals surface area contributed by atoms with E-state index in [4.69, 9.17) is 11.6 Å². The molecule has 0 radical (unpaired) electrons.